The summed E-state index contributed by atoms with van der Waals surface area (Å²) in [4.78, 5) is 5.49. The first-order chi connectivity index (χ1) is 22.4. The van der Waals surface area contributed by atoms with Crippen molar-refractivity contribution in [2.45, 2.75) is 0 Å². The molecule has 0 unspecified atom stereocenters. The molecule has 6 aromatic carbocycles. The Hall–Kier alpha value is -5.87. The van der Waals surface area contributed by atoms with Gasteiger partial charge in [0.1, 0.15) is 5.82 Å². The summed E-state index contributed by atoms with van der Waals surface area (Å²) in [5, 5.41) is 4.90. The fourth-order valence-corrected chi connectivity index (χ4v) is 7.13. The van der Waals surface area contributed by atoms with Crippen LogP contribution in [0.25, 0.3) is 55.1 Å². The minimum Gasteiger partial charge on any atom is -0.307 e. The molecule has 0 saturated heterocycles. The Balaban J connectivity index is 1.39. The lowest BCUT2D eigenvalue weighted by atomic mass is 9.38. The fourth-order valence-electron chi connectivity index (χ4n) is 7.13. The molecule has 3 aromatic heterocycles. The number of aromatic nitrogens is 3. The van der Waals surface area contributed by atoms with E-state index in [4.69, 9.17) is 4.98 Å². The second kappa shape index (κ2) is 10.4. The highest BCUT2D eigenvalue weighted by Crippen LogP contribution is 2.41. The van der Waals surface area contributed by atoms with Crippen LogP contribution < -0.4 is 16.5 Å². The summed E-state index contributed by atoms with van der Waals surface area (Å²) in [6.45, 7) is 0.0104. The van der Waals surface area contributed by atoms with Crippen molar-refractivity contribution >= 4 is 66.8 Å². The van der Waals surface area contributed by atoms with E-state index in [1.54, 1.807) is 0 Å². The Morgan fingerprint density at radius 1 is 0.378 bits per heavy atom. The first-order valence-electron chi connectivity index (χ1n) is 15.4. The van der Waals surface area contributed by atoms with Gasteiger partial charge in [0.15, 0.2) is 0 Å². The molecule has 4 heteroatoms. The van der Waals surface area contributed by atoms with E-state index in [0.717, 1.165) is 28.1 Å². The van der Waals surface area contributed by atoms with E-state index in [9.17, 15) is 0 Å². The van der Waals surface area contributed by atoms with Gasteiger partial charge in [0.05, 0.1) is 22.1 Å². The summed E-state index contributed by atoms with van der Waals surface area (Å²) in [7, 11) is 0. The maximum Gasteiger partial charge on any atom is 0.265 e. The van der Waals surface area contributed by atoms with Crippen LogP contribution in [0, 0.1) is 0 Å². The van der Waals surface area contributed by atoms with Crippen LogP contribution >= 0.6 is 0 Å². The van der Waals surface area contributed by atoms with E-state index in [1.165, 1.54) is 43.5 Å². The molecular weight excluding hydrogens is 545 g/mol. The molecule has 0 fully saturated rings. The zero-order valence-electron chi connectivity index (χ0n) is 24.6. The lowest BCUT2D eigenvalue weighted by Crippen LogP contribution is -2.53. The summed E-state index contributed by atoms with van der Waals surface area (Å²) in [5.74, 6) is 0.910. The average molecular weight is 574 g/mol. The molecule has 0 N–H and O–H groups in total. The molecule has 3 nitrogen and oxygen atoms in total. The van der Waals surface area contributed by atoms with Crippen LogP contribution in [0.4, 0.5) is 0 Å². The predicted octanol–water partition coefficient (Wildman–Crippen LogP) is 7.79. The van der Waals surface area contributed by atoms with Crippen molar-refractivity contribution in [3.63, 3.8) is 0 Å². The summed E-state index contributed by atoms with van der Waals surface area (Å²) in [6.07, 6.45) is 0. The predicted molar refractivity (Wildman–Crippen MR) is 190 cm³/mol. The van der Waals surface area contributed by atoms with E-state index in [0.29, 0.717) is 0 Å². The molecule has 0 aliphatic carbocycles. The van der Waals surface area contributed by atoms with Gasteiger partial charge in [-0.05, 0) is 36.4 Å². The van der Waals surface area contributed by atoms with E-state index < -0.39 is 0 Å². The maximum absolute atomic E-state index is 5.49. The molecule has 0 aliphatic heterocycles. The molecule has 0 aliphatic rings. The van der Waals surface area contributed by atoms with Crippen LogP contribution in [-0.2, 0) is 0 Å². The van der Waals surface area contributed by atoms with Crippen molar-refractivity contribution in [2.24, 2.45) is 0 Å². The highest BCUT2D eigenvalue weighted by Gasteiger charge is 2.25. The molecule has 9 aromatic rings. The number of hydrogen-bond acceptors (Lipinski definition) is 1. The zero-order chi connectivity index (χ0) is 29.7. The maximum atomic E-state index is 5.49. The van der Waals surface area contributed by atoms with E-state index in [2.05, 4.69) is 179 Å². The fraction of sp³-hybridized carbons (Fsp3) is 0. The van der Waals surface area contributed by atoms with Crippen LogP contribution in [-0.4, -0.2) is 20.8 Å². The number of fused-ring (bicyclic) bond motifs is 7. The monoisotopic (exact) mass is 573 g/mol. The van der Waals surface area contributed by atoms with E-state index in [1.807, 2.05) is 0 Å². The van der Waals surface area contributed by atoms with Gasteiger partial charge in [0, 0.05) is 32.8 Å². The van der Waals surface area contributed by atoms with Crippen molar-refractivity contribution in [1.82, 2.24) is 14.1 Å². The Morgan fingerprint density at radius 3 is 1.47 bits per heavy atom. The van der Waals surface area contributed by atoms with Crippen molar-refractivity contribution in [3.8, 4) is 11.5 Å². The largest absolute Gasteiger partial charge is 0.307 e. The molecule has 45 heavy (non-hydrogen) atoms. The Kier molecular flexibility index (Phi) is 5.92. The normalized spacial score (nSPS) is 11.6. The number of benzene rings is 6. The Bertz CT molecular complexity index is 2440. The van der Waals surface area contributed by atoms with Crippen LogP contribution in [0.2, 0.25) is 0 Å². The lowest BCUT2D eigenvalue weighted by molar-refractivity contribution is 1.09. The SMILES string of the molecule is c1ccc(B(c2ccccc2)c2cccc(-n3c4ccccc4c4ccc5c6ccccc6n(-c6ccccc6)c5c43)n2)cc1. The minimum atomic E-state index is 0.0104. The van der Waals surface area contributed by atoms with Gasteiger partial charge in [0.2, 0.25) is 0 Å². The van der Waals surface area contributed by atoms with Crippen LogP contribution in [0.15, 0.2) is 170 Å². The smallest absolute Gasteiger partial charge is 0.265 e. The van der Waals surface area contributed by atoms with E-state index in [-0.39, 0.29) is 6.71 Å². The van der Waals surface area contributed by atoms with Crippen LogP contribution in [0.3, 0.4) is 0 Å². The second-order valence-electron chi connectivity index (χ2n) is 11.6. The number of rotatable bonds is 5. The van der Waals surface area contributed by atoms with Gasteiger partial charge in [-0.15, -0.1) is 0 Å². The number of hydrogen-bond donors (Lipinski definition) is 0. The minimum absolute atomic E-state index is 0.0104. The standard InChI is InChI=1S/C41H28BN3/c1-4-15-29(16-5-1)42(30-17-6-2-7-18-30)38-25-14-26-39(43-38)45-37-24-13-11-22-33(37)35-28-27-34-32-21-10-12-23-36(32)44(40(34)41(35)45)31-19-8-3-9-20-31/h1-28H. The zero-order valence-corrected chi connectivity index (χ0v) is 24.6. The lowest BCUT2D eigenvalue weighted by Gasteiger charge is -2.17. The molecule has 0 spiro atoms. The highest BCUT2D eigenvalue weighted by molar-refractivity contribution is 6.95. The van der Waals surface area contributed by atoms with Crippen molar-refractivity contribution < 1.29 is 0 Å². The number of nitrogens with zero attached hydrogens (tertiary/aromatic N) is 3. The third-order valence-corrected chi connectivity index (χ3v) is 9.03. The van der Waals surface area contributed by atoms with Gasteiger partial charge in [-0.3, -0.25) is 4.57 Å². The molecule has 0 radical (unpaired) electrons. The van der Waals surface area contributed by atoms with Gasteiger partial charge < -0.3 is 4.57 Å². The number of para-hydroxylation sites is 3. The number of pyridine rings is 1. The summed E-state index contributed by atoms with van der Waals surface area (Å²) in [5.41, 5.74) is 9.29. The topological polar surface area (TPSA) is 22.8 Å². The molecule has 0 bridgehead atoms. The van der Waals surface area contributed by atoms with Gasteiger partial charge in [-0.1, -0.05) is 144 Å². The van der Waals surface area contributed by atoms with Gasteiger partial charge in [0.25, 0.3) is 6.71 Å². The summed E-state index contributed by atoms with van der Waals surface area (Å²) >= 11 is 0. The van der Waals surface area contributed by atoms with Gasteiger partial charge in [-0.2, -0.15) is 0 Å². The Labute approximate surface area is 261 Å². The summed E-state index contributed by atoms with van der Waals surface area (Å²) < 4.78 is 4.80. The molecule has 210 valence electrons. The second-order valence-corrected chi connectivity index (χ2v) is 11.6. The first-order valence-corrected chi connectivity index (χ1v) is 15.4. The molecule has 3 heterocycles. The van der Waals surface area contributed by atoms with Crippen molar-refractivity contribution in [1.29, 1.82) is 0 Å². The van der Waals surface area contributed by atoms with Crippen molar-refractivity contribution in [2.75, 3.05) is 0 Å². The molecule has 0 amide bonds. The quantitative estimate of drug-likeness (QED) is 0.193. The molecule has 9 rings (SSSR count). The van der Waals surface area contributed by atoms with Crippen LogP contribution in [0.5, 0.6) is 0 Å². The summed E-state index contributed by atoms with van der Waals surface area (Å²) in [6, 6.07) is 60.6. The molecule has 0 saturated carbocycles. The third kappa shape index (κ3) is 4.03. The third-order valence-electron chi connectivity index (χ3n) is 9.03. The highest BCUT2D eigenvalue weighted by atomic mass is 15.1. The van der Waals surface area contributed by atoms with Gasteiger partial charge in [-0.25, -0.2) is 4.98 Å². The Morgan fingerprint density at radius 2 is 0.867 bits per heavy atom. The molecule has 0 atom stereocenters. The van der Waals surface area contributed by atoms with Crippen molar-refractivity contribution in [3.05, 3.63) is 170 Å². The average Bonchev–Trinajstić information content (AvgIpc) is 3.63. The van der Waals surface area contributed by atoms with Gasteiger partial charge >= 0.3 is 0 Å². The van der Waals surface area contributed by atoms with Crippen LogP contribution in [0.1, 0.15) is 0 Å². The first kappa shape index (κ1) is 25.6. The molecular formula is C41H28BN3. The van der Waals surface area contributed by atoms with E-state index >= 15 is 0 Å².